The summed E-state index contributed by atoms with van der Waals surface area (Å²) in [5, 5.41) is 12.4. The number of methoxy groups -OCH3 is 1. The second kappa shape index (κ2) is 9.09. The Kier molecular flexibility index (Phi) is 6.10. The molecule has 3 aromatic rings. The van der Waals surface area contributed by atoms with Crippen LogP contribution in [-0.4, -0.2) is 47.7 Å². The Bertz CT molecular complexity index is 976. The largest absolute Gasteiger partial charge is 0.496 e. The fourth-order valence-electron chi connectivity index (χ4n) is 4.06. The smallest absolute Gasteiger partial charge is 0.225 e. The zero-order valence-corrected chi connectivity index (χ0v) is 16.9. The normalized spacial score (nSPS) is 14.8. The Balaban J connectivity index is 1.40. The summed E-state index contributed by atoms with van der Waals surface area (Å²) >= 11 is 0. The highest BCUT2D eigenvalue weighted by Crippen LogP contribution is 2.34. The Morgan fingerprint density at radius 1 is 1.14 bits per heavy atom. The third-order valence-electron chi connectivity index (χ3n) is 5.57. The second-order valence-corrected chi connectivity index (χ2v) is 7.58. The van der Waals surface area contributed by atoms with Gasteiger partial charge in [0.05, 0.1) is 12.8 Å². The van der Waals surface area contributed by atoms with Crippen molar-refractivity contribution in [3.05, 3.63) is 42.5 Å². The van der Waals surface area contributed by atoms with Crippen LogP contribution in [0.4, 0.5) is 5.82 Å². The maximum atomic E-state index is 12.3. The Morgan fingerprint density at radius 3 is 2.72 bits per heavy atom. The molecule has 6 heteroatoms. The molecule has 1 saturated heterocycles. The molecule has 2 heterocycles. The van der Waals surface area contributed by atoms with Gasteiger partial charge in [0.15, 0.2) is 5.82 Å². The molecule has 0 spiro atoms. The van der Waals surface area contributed by atoms with Gasteiger partial charge in [0, 0.05) is 23.4 Å². The molecule has 2 aromatic carbocycles. The van der Waals surface area contributed by atoms with Gasteiger partial charge in [-0.2, -0.15) is 5.10 Å². The quantitative estimate of drug-likeness (QED) is 0.623. The summed E-state index contributed by atoms with van der Waals surface area (Å²) in [4.78, 5) is 14.8. The van der Waals surface area contributed by atoms with Gasteiger partial charge in [0.1, 0.15) is 5.75 Å². The van der Waals surface area contributed by atoms with Crippen LogP contribution in [0.15, 0.2) is 42.5 Å². The minimum Gasteiger partial charge on any atom is -0.496 e. The summed E-state index contributed by atoms with van der Waals surface area (Å²) in [5.41, 5.74) is 1.90. The summed E-state index contributed by atoms with van der Waals surface area (Å²) in [5.74, 6) is 1.41. The van der Waals surface area contributed by atoms with Gasteiger partial charge >= 0.3 is 0 Å². The molecule has 152 valence electrons. The molecule has 0 radical (unpaired) electrons. The molecule has 1 aromatic heterocycles. The lowest BCUT2D eigenvalue weighted by molar-refractivity contribution is -0.116. The first kappa shape index (κ1) is 19.5. The van der Waals surface area contributed by atoms with Crippen molar-refractivity contribution in [2.45, 2.75) is 32.1 Å². The number of aromatic amines is 1. The zero-order valence-electron chi connectivity index (χ0n) is 16.9. The molecule has 1 aliphatic rings. The number of anilines is 1. The molecular formula is C23H28N4O2. The minimum absolute atomic E-state index is 0.0136. The van der Waals surface area contributed by atoms with E-state index in [1.807, 2.05) is 36.4 Å². The van der Waals surface area contributed by atoms with E-state index in [1.54, 1.807) is 7.11 Å². The van der Waals surface area contributed by atoms with E-state index < -0.39 is 0 Å². The number of nitrogens with one attached hydrogen (secondary N) is 2. The van der Waals surface area contributed by atoms with E-state index in [2.05, 4.69) is 26.5 Å². The number of rotatable bonds is 7. The number of ether oxygens (including phenoxy) is 1. The minimum atomic E-state index is 0.0136. The van der Waals surface area contributed by atoms with E-state index in [4.69, 9.17) is 4.74 Å². The molecule has 0 unspecified atom stereocenters. The fraction of sp³-hybridized carbons (Fsp3) is 0.391. The molecule has 6 nitrogen and oxygen atoms in total. The van der Waals surface area contributed by atoms with Crippen molar-refractivity contribution in [3.63, 3.8) is 0 Å². The van der Waals surface area contributed by atoms with E-state index in [-0.39, 0.29) is 5.91 Å². The van der Waals surface area contributed by atoms with Gasteiger partial charge in [0.2, 0.25) is 5.91 Å². The molecule has 2 N–H and O–H groups in total. The number of hydrogen-bond acceptors (Lipinski definition) is 4. The van der Waals surface area contributed by atoms with E-state index in [0.717, 1.165) is 40.7 Å². The predicted molar refractivity (Wildman–Crippen MR) is 116 cm³/mol. The van der Waals surface area contributed by atoms with Crippen LogP contribution in [0.1, 0.15) is 32.1 Å². The Hall–Kier alpha value is -2.86. The van der Waals surface area contributed by atoms with Gasteiger partial charge < -0.3 is 15.0 Å². The van der Waals surface area contributed by atoms with Crippen LogP contribution in [0, 0.1) is 0 Å². The summed E-state index contributed by atoms with van der Waals surface area (Å²) < 4.78 is 5.47. The van der Waals surface area contributed by atoms with Crippen LogP contribution in [0.2, 0.25) is 0 Å². The SMILES string of the molecule is COc1ccc(-c2cc(NC(=O)CCCN3CCCCC3)n[nH]2)c2ccccc12. The van der Waals surface area contributed by atoms with Gasteiger partial charge in [-0.25, -0.2) is 0 Å². The van der Waals surface area contributed by atoms with Crippen LogP contribution in [0.5, 0.6) is 5.75 Å². The number of carbonyl (C=O) groups is 1. The van der Waals surface area contributed by atoms with E-state index >= 15 is 0 Å². The average molecular weight is 393 g/mol. The van der Waals surface area contributed by atoms with Crippen LogP contribution < -0.4 is 10.1 Å². The summed E-state index contributed by atoms with van der Waals surface area (Å²) in [6.45, 7) is 3.33. The number of aromatic nitrogens is 2. The summed E-state index contributed by atoms with van der Waals surface area (Å²) in [6.07, 6.45) is 5.29. The molecular weight excluding hydrogens is 364 g/mol. The molecule has 29 heavy (non-hydrogen) atoms. The van der Waals surface area contributed by atoms with Gasteiger partial charge in [-0.05, 0) is 56.4 Å². The summed E-state index contributed by atoms with van der Waals surface area (Å²) in [7, 11) is 1.68. The van der Waals surface area contributed by atoms with Crippen LogP contribution in [0.3, 0.4) is 0 Å². The highest BCUT2D eigenvalue weighted by Gasteiger charge is 2.13. The predicted octanol–water partition coefficient (Wildman–Crippen LogP) is 4.44. The molecule has 1 fully saturated rings. The first-order valence-corrected chi connectivity index (χ1v) is 10.4. The van der Waals surface area contributed by atoms with Crippen LogP contribution in [0.25, 0.3) is 22.0 Å². The lowest BCUT2D eigenvalue weighted by Crippen LogP contribution is -2.31. The standard InChI is InChI=1S/C23H28N4O2/c1-29-21-12-11-18(17-8-3-4-9-19(17)21)20-16-22(26-25-20)24-23(28)10-7-15-27-13-5-2-6-14-27/h3-4,8-9,11-12,16H,2,5-7,10,13-15H2,1H3,(H2,24,25,26,28). The maximum absolute atomic E-state index is 12.3. The summed E-state index contributed by atoms with van der Waals surface area (Å²) in [6, 6.07) is 14.0. The van der Waals surface area contributed by atoms with Crippen molar-refractivity contribution in [3.8, 4) is 17.0 Å². The molecule has 1 amide bonds. The molecule has 0 saturated carbocycles. The first-order chi connectivity index (χ1) is 14.2. The van der Waals surface area contributed by atoms with Crippen molar-refractivity contribution in [1.29, 1.82) is 0 Å². The lowest BCUT2D eigenvalue weighted by Gasteiger charge is -2.26. The Morgan fingerprint density at radius 2 is 1.93 bits per heavy atom. The monoisotopic (exact) mass is 392 g/mol. The first-order valence-electron chi connectivity index (χ1n) is 10.4. The van der Waals surface area contributed by atoms with Crippen LogP contribution >= 0.6 is 0 Å². The number of nitrogens with zero attached hydrogens (tertiary/aromatic N) is 2. The topological polar surface area (TPSA) is 70.2 Å². The molecule has 4 rings (SSSR count). The molecule has 1 aliphatic heterocycles. The second-order valence-electron chi connectivity index (χ2n) is 7.58. The van der Waals surface area contributed by atoms with Gasteiger partial charge in [0.25, 0.3) is 0 Å². The molecule has 0 aliphatic carbocycles. The fourth-order valence-corrected chi connectivity index (χ4v) is 4.06. The van der Waals surface area contributed by atoms with E-state index in [1.165, 1.54) is 32.4 Å². The maximum Gasteiger partial charge on any atom is 0.225 e. The van der Waals surface area contributed by atoms with Crippen molar-refractivity contribution in [2.75, 3.05) is 32.1 Å². The number of H-pyrrole nitrogens is 1. The zero-order chi connectivity index (χ0) is 20.1. The van der Waals surface area contributed by atoms with Gasteiger partial charge in [-0.3, -0.25) is 9.89 Å². The van der Waals surface area contributed by atoms with E-state index in [0.29, 0.717) is 12.2 Å². The lowest BCUT2D eigenvalue weighted by atomic mass is 10.0. The molecule has 0 bridgehead atoms. The average Bonchev–Trinajstić information content (AvgIpc) is 3.21. The third kappa shape index (κ3) is 4.59. The van der Waals surface area contributed by atoms with Crippen molar-refractivity contribution in [2.24, 2.45) is 0 Å². The van der Waals surface area contributed by atoms with Gasteiger partial charge in [-0.15, -0.1) is 0 Å². The number of fused-ring (bicyclic) bond motifs is 1. The Labute approximate surface area is 171 Å². The number of carbonyl (C=O) groups excluding carboxylic acids is 1. The highest BCUT2D eigenvalue weighted by atomic mass is 16.5. The third-order valence-corrected chi connectivity index (χ3v) is 5.57. The van der Waals surface area contributed by atoms with Gasteiger partial charge in [-0.1, -0.05) is 30.7 Å². The highest BCUT2D eigenvalue weighted by molar-refractivity contribution is 6.00. The number of likely N-dealkylation sites (tertiary alicyclic amines) is 1. The number of amides is 1. The van der Waals surface area contributed by atoms with Crippen molar-refractivity contribution >= 4 is 22.5 Å². The number of hydrogen-bond donors (Lipinski definition) is 2. The number of benzene rings is 2. The molecule has 0 atom stereocenters. The number of piperidine rings is 1. The van der Waals surface area contributed by atoms with Crippen molar-refractivity contribution in [1.82, 2.24) is 15.1 Å². The van der Waals surface area contributed by atoms with E-state index in [9.17, 15) is 4.79 Å². The van der Waals surface area contributed by atoms with Crippen molar-refractivity contribution < 1.29 is 9.53 Å². The van der Waals surface area contributed by atoms with Crippen LogP contribution in [-0.2, 0) is 4.79 Å².